The molecule has 6 amide bonds. The maximum absolute atomic E-state index is 12.6. The molecule has 0 spiro atoms. The van der Waals surface area contributed by atoms with Crippen molar-refractivity contribution in [3.63, 3.8) is 0 Å². The van der Waals surface area contributed by atoms with E-state index in [0.717, 1.165) is 57.5 Å². The van der Waals surface area contributed by atoms with Crippen LogP contribution in [-0.2, 0) is 4.79 Å². The standard InChI is InChI=1S/5C19H13ClN4O3S.C3H7NO/c5*1-27-13-6-7-14-16(10-13)28-19(21-14)22-18(26)17-15(25)8-9-24(23-17)12-4-2-11(20)3-5-12;1-4(2)3-5/h5*2-10H,1H3,(H,21,22,26);3H,1-2H3. The predicted octanol–water partition coefficient (Wildman–Crippen LogP) is 18.5. The van der Waals surface area contributed by atoms with Crippen molar-refractivity contribution in [1.29, 1.82) is 0 Å². The zero-order valence-corrected chi connectivity index (χ0v) is 84.0. The van der Waals surface area contributed by atoms with E-state index in [0.29, 0.717) is 108 Å². The van der Waals surface area contributed by atoms with Crippen LogP contribution in [0.4, 0.5) is 25.7 Å². The third-order valence-corrected chi connectivity index (χ3v) is 25.8. The Balaban J connectivity index is 0.000000134. The fourth-order valence-corrected chi connectivity index (χ4v) is 17.8. The van der Waals surface area contributed by atoms with E-state index in [1.54, 1.807) is 232 Å². The van der Waals surface area contributed by atoms with Crippen LogP contribution < -0.4 is 77.4 Å². The average Bonchev–Trinajstić information content (AvgIpc) is 1.46. The molecular formula is C98H72Cl5N21O16S5. The van der Waals surface area contributed by atoms with Gasteiger partial charge in [0.05, 0.1) is 115 Å². The highest BCUT2D eigenvalue weighted by molar-refractivity contribution is 7.24. The number of methoxy groups -OCH3 is 5. The quantitative estimate of drug-likeness (QED) is 0.0417. The molecule has 0 fully saturated rings. The first-order valence-electron chi connectivity index (χ1n) is 42.1. The fraction of sp³-hybridized carbons (Fsp3) is 0.0714. The number of carbonyl (C=O) groups is 6. The lowest BCUT2D eigenvalue weighted by Gasteiger charge is -2.07. The van der Waals surface area contributed by atoms with Gasteiger partial charge in [0.2, 0.25) is 33.6 Å². The van der Waals surface area contributed by atoms with Crippen molar-refractivity contribution in [2.45, 2.75) is 0 Å². The largest absolute Gasteiger partial charge is 0.497 e. The van der Waals surface area contributed by atoms with Gasteiger partial charge in [-0.25, -0.2) is 48.3 Å². The number of fused-ring (bicyclic) bond motifs is 5. The van der Waals surface area contributed by atoms with Crippen LogP contribution in [0.5, 0.6) is 28.7 Å². The van der Waals surface area contributed by atoms with Gasteiger partial charge in [-0.2, -0.15) is 25.5 Å². The zero-order valence-electron chi connectivity index (χ0n) is 76.2. The maximum Gasteiger partial charge on any atom is 0.281 e. The molecule has 5 N–H and O–H groups in total. The van der Waals surface area contributed by atoms with Crippen LogP contribution in [0.25, 0.3) is 79.5 Å². The van der Waals surface area contributed by atoms with E-state index in [1.807, 2.05) is 30.3 Å². The topological polar surface area (TPSA) is 451 Å². The Morgan fingerprint density at radius 2 is 0.428 bits per heavy atom. The summed E-state index contributed by atoms with van der Waals surface area (Å²) in [5, 5.41) is 38.8. The Hall–Kier alpha value is -16.7. The number of nitrogens with zero attached hydrogens (tertiary/aromatic N) is 16. The summed E-state index contributed by atoms with van der Waals surface area (Å²) >= 11 is 35.9. The van der Waals surface area contributed by atoms with E-state index < -0.39 is 56.7 Å². The summed E-state index contributed by atoms with van der Waals surface area (Å²) in [6.45, 7) is 0. The Kier molecular flexibility index (Phi) is 33.5. The van der Waals surface area contributed by atoms with Gasteiger partial charge in [0.25, 0.3) is 29.5 Å². The second-order valence-electron chi connectivity index (χ2n) is 29.9. The molecule has 37 nitrogen and oxygen atoms in total. The predicted molar refractivity (Wildman–Crippen MR) is 565 cm³/mol. The monoisotopic (exact) mass is 2130 g/mol. The third-order valence-electron chi connectivity index (χ3n) is 19.9. The second-order valence-corrected chi connectivity index (χ2v) is 37.2. The highest BCUT2D eigenvalue weighted by Crippen LogP contribution is 2.36. The first-order chi connectivity index (χ1) is 69.9. The molecule has 145 heavy (non-hydrogen) atoms. The molecule has 0 aliphatic heterocycles. The molecule has 47 heteroatoms. The average molecular weight is 2140 g/mol. The van der Waals surface area contributed by atoms with Crippen LogP contribution >= 0.6 is 115 Å². The van der Waals surface area contributed by atoms with E-state index in [2.05, 4.69) is 77.0 Å². The summed E-state index contributed by atoms with van der Waals surface area (Å²) in [7, 11) is 11.3. The number of ether oxygens (including phenoxy) is 5. The molecule has 20 aromatic rings. The summed E-state index contributed by atoms with van der Waals surface area (Å²) in [6.07, 6.45) is 8.21. The van der Waals surface area contributed by atoms with E-state index in [1.165, 1.54) is 146 Å². The second kappa shape index (κ2) is 47.3. The van der Waals surface area contributed by atoms with Crippen molar-refractivity contribution in [2.75, 3.05) is 76.2 Å². The lowest BCUT2D eigenvalue weighted by Crippen LogP contribution is -2.25. The fourth-order valence-electron chi connectivity index (χ4n) is 12.7. The molecule has 0 aliphatic carbocycles. The Bertz CT molecular complexity index is 7430. The van der Waals surface area contributed by atoms with E-state index >= 15 is 0 Å². The van der Waals surface area contributed by atoms with Crippen molar-refractivity contribution in [1.82, 2.24) is 78.7 Å². The molecule has 20 rings (SSSR count). The third kappa shape index (κ3) is 26.4. The normalized spacial score (nSPS) is 10.6. The summed E-state index contributed by atoms with van der Waals surface area (Å²) < 4.78 is 37.4. The number of carbonyl (C=O) groups excluding carboxylic acids is 6. The van der Waals surface area contributed by atoms with Crippen LogP contribution in [0, 0.1) is 0 Å². The first kappa shape index (κ1) is 103. The molecule has 730 valence electrons. The van der Waals surface area contributed by atoms with Gasteiger partial charge in [0.1, 0.15) is 28.7 Å². The van der Waals surface area contributed by atoms with Gasteiger partial charge in [-0.05, 0) is 212 Å². The first-order valence-corrected chi connectivity index (χ1v) is 48.1. The number of aromatic nitrogens is 15. The molecule has 0 saturated carbocycles. The minimum atomic E-state index is -0.626. The Morgan fingerprint density at radius 3 is 0.572 bits per heavy atom. The van der Waals surface area contributed by atoms with E-state index in [4.69, 9.17) is 81.7 Å². The summed E-state index contributed by atoms with van der Waals surface area (Å²) in [5.41, 5.74) is 3.43. The SMILES string of the molecule is CN(C)C=O.COc1ccc2nc(NC(=O)c3nn(-c4ccc(Cl)cc4)ccc3=O)sc2c1.COc1ccc2nc(NC(=O)c3nn(-c4ccc(Cl)cc4)ccc3=O)sc2c1.COc1ccc2nc(NC(=O)c3nn(-c4ccc(Cl)cc4)ccc3=O)sc2c1.COc1ccc2nc(NC(=O)c3nn(-c4ccc(Cl)cc4)ccc3=O)sc2c1.COc1ccc2nc(NC(=O)c3nn(-c4ccc(Cl)cc4)ccc3=O)sc2c1. The summed E-state index contributed by atoms with van der Waals surface area (Å²) in [6, 6.07) is 67.9. The molecule has 10 aromatic carbocycles. The molecule has 10 heterocycles. The molecular weight excluding hydrogens is 2060 g/mol. The minimum absolute atomic E-state index is 0.228. The van der Waals surface area contributed by atoms with Gasteiger partial charge in [0.15, 0.2) is 54.1 Å². The van der Waals surface area contributed by atoms with E-state index in [9.17, 15) is 52.7 Å². The molecule has 0 saturated heterocycles. The zero-order chi connectivity index (χ0) is 103. The van der Waals surface area contributed by atoms with Crippen LogP contribution in [0.15, 0.2) is 298 Å². The number of hydrogen-bond donors (Lipinski definition) is 5. The number of thiazole rings is 5. The van der Waals surface area contributed by atoms with E-state index in [-0.39, 0.29) is 28.5 Å². The molecule has 0 radical (unpaired) electrons. The number of rotatable bonds is 21. The highest BCUT2D eigenvalue weighted by atomic mass is 35.5. The Labute approximate surface area is 863 Å². The lowest BCUT2D eigenvalue weighted by molar-refractivity contribution is -0.115. The summed E-state index contributed by atoms with van der Waals surface area (Å²) in [4.78, 5) is 156. The molecule has 10 aromatic heterocycles. The van der Waals surface area contributed by atoms with Gasteiger partial charge in [-0.15, -0.1) is 0 Å². The van der Waals surface area contributed by atoms with Gasteiger partial charge in [-0.1, -0.05) is 115 Å². The number of amides is 6. The van der Waals surface area contributed by atoms with Gasteiger partial charge < -0.3 is 28.6 Å². The van der Waals surface area contributed by atoms with Crippen molar-refractivity contribution < 1.29 is 52.5 Å². The van der Waals surface area contributed by atoms with Crippen LogP contribution in [0.1, 0.15) is 52.4 Å². The van der Waals surface area contributed by atoms with Gasteiger partial charge >= 0.3 is 0 Å². The molecule has 0 unspecified atom stereocenters. The van der Waals surface area contributed by atoms with Crippen molar-refractivity contribution in [2.24, 2.45) is 0 Å². The number of hydrogen-bond acceptors (Lipinski definition) is 31. The summed E-state index contributed by atoms with van der Waals surface area (Å²) in [5.74, 6) is 0.365. The minimum Gasteiger partial charge on any atom is -0.497 e. The lowest BCUT2D eigenvalue weighted by atomic mass is 10.3. The maximum atomic E-state index is 12.6. The van der Waals surface area contributed by atoms with Crippen molar-refractivity contribution in [3.05, 3.63) is 378 Å². The molecule has 0 bridgehead atoms. The van der Waals surface area contributed by atoms with Crippen molar-refractivity contribution in [3.8, 4) is 57.2 Å². The van der Waals surface area contributed by atoms with Crippen LogP contribution in [0.2, 0.25) is 25.1 Å². The Morgan fingerprint density at radius 1 is 0.269 bits per heavy atom. The highest BCUT2D eigenvalue weighted by Gasteiger charge is 2.24. The number of benzene rings is 10. The van der Waals surface area contributed by atoms with Crippen LogP contribution in [-0.4, -0.2) is 164 Å². The number of nitrogens with one attached hydrogen (secondary N) is 5. The van der Waals surface area contributed by atoms with Crippen LogP contribution in [0.3, 0.4) is 0 Å². The number of anilines is 5. The smallest absolute Gasteiger partial charge is 0.281 e. The van der Waals surface area contributed by atoms with Gasteiger partial charge in [-0.3, -0.25) is 79.3 Å². The molecule has 0 aliphatic rings. The molecule has 0 atom stereocenters. The van der Waals surface area contributed by atoms with Gasteiger partial charge in [0, 0.05) is 101 Å². The van der Waals surface area contributed by atoms with Crippen molar-refractivity contribution >= 4 is 227 Å². The number of halogens is 5.